The molecule has 1 aliphatic carbocycles. The summed E-state index contributed by atoms with van der Waals surface area (Å²) in [7, 11) is 0. The smallest absolute Gasteiger partial charge is 0.231 e. The minimum Gasteiger partial charge on any atom is -0.384 e. The highest BCUT2D eigenvalue weighted by Gasteiger charge is 2.26. The lowest BCUT2D eigenvalue weighted by molar-refractivity contribution is -0.117. The van der Waals surface area contributed by atoms with Crippen molar-refractivity contribution in [3.63, 3.8) is 0 Å². The van der Waals surface area contributed by atoms with E-state index in [2.05, 4.69) is 22.4 Å². The first-order valence-corrected chi connectivity index (χ1v) is 6.84. The predicted octanol–water partition coefficient (Wildman–Crippen LogP) is 3.14. The number of nitrogens with two attached hydrogens (primary N) is 1. The average molecular weight is 304 g/mol. The van der Waals surface area contributed by atoms with Crippen LogP contribution in [0.3, 0.4) is 0 Å². The Hall–Kier alpha value is -2.07. The standard InChI is InChI=1S/C16H17N3O.ClH/c17-15-9-8-12(10-18-15)19-16(20)14-7-3-5-11-4-1-2-6-13(11)14;/h1-2,4,6,8-10,14H,3,5,7H2,(H2,17,18)(H,19,20);1H. The van der Waals surface area contributed by atoms with Gasteiger partial charge >= 0.3 is 0 Å². The first-order valence-electron chi connectivity index (χ1n) is 6.84. The van der Waals surface area contributed by atoms with Crippen LogP contribution >= 0.6 is 12.4 Å². The lowest BCUT2D eigenvalue weighted by Gasteiger charge is -2.24. The van der Waals surface area contributed by atoms with Crippen molar-refractivity contribution in [2.75, 3.05) is 11.1 Å². The van der Waals surface area contributed by atoms with Gasteiger partial charge in [0.1, 0.15) is 5.82 Å². The number of nitrogens with one attached hydrogen (secondary N) is 1. The summed E-state index contributed by atoms with van der Waals surface area (Å²) in [6, 6.07) is 11.6. The molecule has 1 heterocycles. The molecule has 5 heteroatoms. The van der Waals surface area contributed by atoms with Gasteiger partial charge < -0.3 is 11.1 Å². The molecule has 21 heavy (non-hydrogen) atoms. The van der Waals surface area contributed by atoms with Crippen LogP contribution in [0.25, 0.3) is 0 Å². The number of hydrogen-bond donors (Lipinski definition) is 2. The van der Waals surface area contributed by atoms with E-state index in [1.165, 1.54) is 5.56 Å². The zero-order valence-electron chi connectivity index (χ0n) is 11.6. The number of nitrogen functional groups attached to an aromatic ring is 1. The Morgan fingerprint density at radius 3 is 2.81 bits per heavy atom. The Balaban J connectivity index is 0.00000161. The topological polar surface area (TPSA) is 68.0 Å². The van der Waals surface area contributed by atoms with E-state index < -0.39 is 0 Å². The number of anilines is 2. The van der Waals surface area contributed by atoms with E-state index in [0.29, 0.717) is 11.5 Å². The number of fused-ring (bicyclic) bond motifs is 1. The normalized spacial score (nSPS) is 16.5. The number of rotatable bonds is 2. The van der Waals surface area contributed by atoms with Crippen molar-refractivity contribution in [2.24, 2.45) is 0 Å². The second-order valence-corrected chi connectivity index (χ2v) is 5.10. The van der Waals surface area contributed by atoms with Gasteiger partial charge in [0.2, 0.25) is 5.91 Å². The van der Waals surface area contributed by atoms with Crippen molar-refractivity contribution < 1.29 is 4.79 Å². The Bertz CT molecular complexity index is 628. The number of amides is 1. The van der Waals surface area contributed by atoms with Crippen molar-refractivity contribution in [3.05, 3.63) is 53.7 Å². The SMILES string of the molecule is Cl.Nc1ccc(NC(=O)C2CCCc3ccccc32)cn1. The molecular formula is C16H18ClN3O. The van der Waals surface area contributed by atoms with E-state index in [1.807, 2.05) is 12.1 Å². The minimum absolute atomic E-state index is 0. The Kier molecular flexibility index (Phi) is 4.81. The Morgan fingerprint density at radius 1 is 1.24 bits per heavy atom. The lowest BCUT2D eigenvalue weighted by Crippen LogP contribution is -2.24. The van der Waals surface area contributed by atoms with Gasteiger partial charge in [-0.05, 0) is 42.5 Å². The van der Waals surface area contributed by atoms with Crippen molar-refractivity contribution in [1.29, 1.82) is 0 Å². The molecule has 0 spiro atoms. The average Bonchev–Trinajstić information content (AvgIpc) is 2.49. The molecule has 3 rings (SSSR count). The quantitative estimate of drug-likeness (QED) is 0.895. The molecule has 1 aromatic heterocycles. The molecule has 4 nitrogen and oxygen atoms in total. The molecule has 1 aromatic carbocycles. The number of nitrogens with zero attached hydrogens (tertiary/aromatic N) is 1. The van der Waals surface area contributed by atoms with E-state index in [4.69, 9.17) is 5.73 Å². The van der Waals surface area contributed by atoms with Crippen molar-refractivity contribution in [1.82, 2.24) is 4.98 Å². The molecule has 0 bridgehead atoms. The molecule has 1 atom stereocenters. The molecule has 1 unspecified atom stereocenters. The van der Waals surface area contributed by atoms with Gasteiger partial charge in [-0.3, -0.25) is 4.79 Å². The van der Waals surface area contributed by atoms with E-state index in [1.54, 1.807) is 18.3 Å². The molecule has 0 saturated heterocycles. The van der Waals surface area contributed by atoms with Gasteiger partial charge in [-0.1, -0.05) is 24.3 Å². The summed E-state index contributed by atoms with van der Waals surface area (Å²) in [5.74, 6) is 0.409. The van der Waals surface area contributed by atoms with Crippen LogP contribution < -0.4 is 11.1 Å². The van der Waals surface area contributed by atoms with Gasteiger partial charge in [0.15, 0.2) is 0 Å². The summed E-state index contributed by atoms with van der Waals surface area (Å²) in [6.45, 7) is 0. The van der Waals surface area contributed by atoms with Crippen LogP contribution in [0.15, 0.2) is 42.6 Å². The fourth-order valence-corrected chi connectivity index (χ4v) is 2.73. The maximum atomic E-state index is 12.4. The molecule has 3 N–H and O–H groups in total. The fraction of sp³-hybridized carbons (Fsp3) is 0.250. The molecule has 2 aromatic rings. The minimum atomic E-state index is -0.0718. The van der Waals surface area contributed by atoms with E-state index in [-0.39, 0.29) is 24.2 Å². The van der Waals surface area contributed by atoms with E-state index in [9.17, 15) is 4.79 Å². The maximum Gasteiger partial charge on any atom is 0.231 e. The van der Waals surface area contributed by atoms with Gasteiger partial charge in [-0.25, -0.2) is 4.98 Å². The maximum absolute atomic E-state index is 12.4. The zero-order valence-corrected chi connectivity index (χ0v) is 12.4. The molecule has 0 aliphatic heterocycles. The molecule has 0 radical (unpaired) electrons. The number of aryl methyl sites for hydroxylation is 1. The third kappa shape index (κ3) is 3.34. The molecule has 1 amide bonds. The van der Waals surface area contributed by atoms with Gasteiger partial charge in [0.05, 0.1) is 17.8 Å². The zero-order chi connectivity index (χ0) is 13.9. The van der Waals surface area contributed by atoms with E-state index in [0.717, 1.165) is 24.8 Å². The number of hydrogen-bond acceptors (Lipinski definition) is 3. The molecule has 0 fully saturated rings. The summed E-state index contributed by atoms with van der Waals surface area (Å²) in [6.07, 6.45) is 4.59. The fourth-order valence-electron chi connectivity index (χ4n) is 2.73. The van der Waals surface area contributed by atoms with Crippen LogP contribution in [0.2, 0.25) is 0 Å². The summed E-state index contributed by atoms with van der Waals surface area (Å²) < 4.78 is 0. The largest absolute Gasteiger partial charge is 0.384 e. The van der Waals surface area contributed by atoms with Crippen LogP contribution in [0.1, 0.15) is 29.9 Å². The van der Waals surface area contributed by atoms with Crippen molar-refractivity contribution >= 4 is 29.8 Å². The highest BCUT2D eigenvalue weighted by molar-refractivity contribution is 5.96. The highest BCUT2D eigenvalue weighted by Crippen LogP contribution is 2.32. The molecular weight excluding hydrogens is 286 g/mol. The van der Waals surface area contributed by atoms with Crippen LogP contribution in [0.4, 0.5) is 11.5 Å². The number of aromatic nitrogens is 1. The number of carbonyl (C=O) groups excluding carboxylic acids is 1. The summed E-state index contributed by atoms with van der Waals surface area (Å²) in [5.41, 5.74) is 8.67. The third-order valence-corrected chi connectivity index (χ3v) is 3.74. The van der Waals surface area contributed by atoms with Gasteiger partial charge in [-0.2, -0.15) is 0 Å². The van der Waals surface area contributed by atoms with Gasteiger partial charge in [0, 0.05) is 0 Å². The third-order valence-electron chi connectivity index (χ3n) is 3.74. The second kappa shape index (κ2) is 6.59. The first-order chi connectivity index (χ1) is 9.74. The van der Waals surface area contributed by atoms with Crippen LogP contribution in [0, 0.1) is 0 Å². The first kappa shape index (κ1) is 15.3. The highest BCUT2D eigenvalue weighted by atomic mass is 35.5. The summed E-state index contributed by atoms with van der Waals surface area (Å²) in [4.78, 5) is 16.4. The second-order valence-electron chi connectivity index (χ2n) is 5.10. The van der Waals surface area contributed by atoms with E-state index >= 15 is 0 Å². The monoisotopic (exact) mass is 303 g/mol. The molecule has 1 aliphatic rings. The lowest BCUT2D eigenvalue weighted by atomic mass is 9.82. The van der Waals surface area contributed by atoms with Crippen LogP contribution in [-0.4, -0.2) is 10.9 Å². The predicted molar refractivity (Wildman–Crippen MR) is 86.6 cm³/mol. The number of pyridine rings is 1. The molecule has 0 saturated carbocycles. The summed E-state index contributed by atoms with van der Waals surface area (Å²) in [5, 5.41) is 2.92. The number of halogens is 1. The van der Waals surface area contributed by atoms with Crippen molar-refractivity contribution in [3.8, 4) is 0 Å². The van der Waals surface area contributed by atoms with Gasteiger partial charge in [-0.15, -0.1) is 12.4 Å². The number of benzene rings is 1. The summed E-state index contributed by atoms with van der Waals surface area (Å²) >= 11 is 0. The Morgan fingerprint density at radius 2 is 2.05 bits per heavy atom. The van der Waals surface area contributed by atoms with Crippen LogP contribution in [-0.2, 0) is 11.2 Å². The van der Waals surface area contributed by atoms with Gasteiger partial charge in [0.25, 0.3) is 0 Å². The van der Waals surface area contributed by atoms with Crippen molar-refractivity contribution in [2.45, 2.75) is 25.2 Å². The number of carbonyl (C=O) groups is 1. The van der Waals surface area contributed by atoms with Crippen LogP contribution in [0.5, 0.6) is 0 Å². The Labute approximate surface area is 130 Å². The molecule has 110 valence electrons.